The van der Waals surface area contributed by atoms with Gasteiger partial charge in [-0.1, -0.05) is 85.5 Å². The van der Waals surface area contributed by atoms with E-state index in [1.165, 1.54) is 11.0 Å². The van der Waals surface area contributed by atoms with Crippen LogP contribution in [0.3, 0.4) is 0 Å². The molecule has 0 radical (unpaired) electrons. The van der Waals surface area contributed by atoms with E-state index in [4.69, 9.17) is 9.47 Å². The molecule has 1 aliphatic heterocycles. The van der Waals surface area contributed by atoms with Crippen LogP contribution >= 0.6 is 11.3 Å². The summed E-state index contributed by atoms with van der Waals surface area (Å²) in [6.07, 6.45) is 2.26. The number of benzene rings is 3. The summed E-state index contributed by atoms with van der Waals surface area (Å²) in [7, 11) is 0. The number of ketones is 1. The molecule has 2 heterocycles. The first-order valence-electron chi connectivity index (χ1n) is 14.2. The Morgan fingerprint density at radius 2 is 1.77 bits per heavy atom. The first-order chi connectivity index (χ1) is 21.2. The molecule has 224 valence electrons. The molecule has 4 aromatic rings. The second-order valence-electron chi connectivity index (χ2n) is 10.3. The van der Waals surface area contributed by atoms with Crippen molar-refractivity contribution in [2.45, 2.75) is 39.8 Å². The van der Waals surface area contributed by atoms with Gasteiger partial charge in [0.25, 0.3) is 5.78 Å². The van der Waals surface area contributed by atoms with Gasteiger partial charge in [-0.05, 0) is 60.7 Å². The average Bonchev–Trinajstić information content (AvgIpc) is 3.55. The summed E-state index contributed by atoms with van der Waals surface area (Å²) >= 11 is 0.957. The molecular formula is C35H32N2O6S. The highest BCUT2D eigenvalue weighted by molar-refractivity contribution is 7.17. The monoisotopic (exact) mass is 608 g/mol. The maximum atomic E-state index is 13.6. The Kier molecular flexibility index (Phi) is 9.06. The van der Waals surface area contributed by atoms with Gasteiger partial charge in [0, 0.05) is 5.56 Å². The number of aliphatic hydroxyl groups is 1. The molecule has 5 rings (SSSR count). The van der Waals surface area contributed by atoms with Crippen LogP contribution in [0.4, 0.5) is 5.13 Å². The van der Waals surface area contributed by atoms with Crippen LogP contribution in [0.2, 0.25) is 0 Å². The Morgan fingerprint density at radius 3 is 2.43 bits per heavy atom. The molecule has 0 saturated carbocycles. The van der Waals surface area contributed by atoms with Crippen molar-refractivity contribution in [2.75, 3.05) is 11.5 Å². The van der Waals surface area contributed by atoms with Gasteiger partial charge in [0.05, 0.1) is 17.3 Å². The lowest BCUT2D eigenvalue weighted by Gasteiger charge is -2.23. The molecule has 1 atom stereocenters. The van der Waals surface area contributed by atoms with E-state index in [1.807, 2.05) is 68.4 Å². The molecule has 0 spiro atoms. The van der Waals surface area contributed by atoms with Gasteiger partial charge in [-0.2, -0.15) is 0 Å². The minimum atomic E-state index is -0.974. The normalized spacial score (nSPS) is 15.8. The molecule has 0 bridgehead atoms. The lowest BCUT2D eigenvalue weighted by molar-refractivity contribution is -0.132. The van der Waals surface area contributed by atoms with Crippen molar-refractivity contribution in [3.8, 4) is 5.75 Å². The smallest absolute Gasteiger partial charge is 0.350 e. The average molecular weight is 609 g/mol. The van der Waals surface area contributed by atoms with Crippen LogP contribution in [-0.2, 0) is 27.4 Å². The van der Waals surface area contributed by atoms with Crippen LogP contribution in [0.15, 0.2) is 91.0 Å². The van der Waals surface area contributed by atoms with Crippen LogP contribution in [0.25, 0.3) is 5.76 Å². The molecule has 0 aliphatic carbocycles. The molecule has 1 aliphatic rings. The summed E-state index contributed by atoms with van der Waals surface area (Å²) in [5.74, 6) is -1.98. The summed E-state index contributed by atoms with van der Waals surface area (Å²) in [5, 5.41) is 11.8. The van der Waals surface area contributed by atoms with E-state index in [0.717, 1.165) is 34.4 Å². The second kappa shape index (κ2) is 13.1. The van der Waals surface area contributed by atoms with Gasteiger partial charge in [-0.3, -0.25) is 14.5 Å². The zero-order valence-corrected chi connectivity index (χ0v) is 25.5. The van der Waals surface area contributed by atoms with Crippen molar-refractivity contribution in [3.05, 3.63) is 129 Å². The van der Waals surface area contributed by atoms with Gasteiger partial charge in [0.15, 0.2) is 5.13 Å². The van der Waals surface area contributed by atoms with Gasteiger partial charge >= 0.3 is 11.9 Å². The second-order valence-corrected chi connectivity index (χ2v) is 11.3. The van der Waals surface area contributed by atoms with Crippen LogP contribution < -0.4 is 9.64 Å². The van der Waals surface area contributed by atoms with Gasteiger partial charge in [0.2, 0.25) is 0 Å². The quantitative estimate of drug-likeness (QED) is 0.0689. The van der Waals surface area contributed by atoms with Crippen molar-refractivity contribution in [1.29, 1.82) is 0 Å². The third-order valence-electron chi connectivity index (χ3n) is 7.34. The molecule has 3 aromatic carbocycles. The summed E-state index contributed by atoms with van der Waals surface area (Å²) in [5.41, 5.74) is 4.12. The predicted molar refractivity (Wildman–Crippen MR) is 170 cm³/mol. The number of nitrogens with zero attached hydrogens (tertiary/aromatic N) is 2. The number of esters is 1. The van der Waals surface area contributed by atoms with E-state index < -0.39 is 23.7 Å². The number of hydrogen-bond acceptors (Lipinski definition) is 8. The Labute approximate surface area is 259 Å². The Balaban J connectivity index is 1.56. The molecule has 44 heavy (non-hydrogen) atoms. The highest BCUT2D eigenvalue weighted by Gasteiger charge is 2.48. The standard InChI is InChI=1S/C35H32N2O6S/c1-5-18-42-34(41)32-22(4)36-35(44-32)37-29(25-14-12-23(6-2)13-15-25)28(31(39)33(37)40)30(38)26-16-17-27(21(3)19-26)43-20-24-10-8-7-9-11-24/h5,7-17,19,29,38H,1,6,18,20H2,2-4H3/b30-28+/t29-/m0/s1. The number of ether oxygens (including phenoxy) is 2. The van der Waals surface area contributed by atoms with Crippen LogP contribution in [0.1, 0.15) is 56.1 Å². The highest BCUT2D eigenvalue weighted by Crippen LogP contribution is 2.44. The summed E-state index contributed by atoms with van der Waals surface area (Å²) in [4.78, 5) is 45.8. The van der Waals surface area contributed by atoms with Crippen LogP contribution in [0, 0.1) is 13.8 Å². The summed E-state index contributed by atoms with van der Waals surface area (Å²) < 4.78 is 11.2. The van der Waals surface area contributed by atoms with Crippen molar-refractivity contribution in [2.24, 2.45) is 0 Å². The molecular weight excluding hydrogens is 576 g/mol. The number of aryl methyl sites for hydroxylation is 3. The third-order valence-corrected chi connectivity index (χ3v) is 8.48. The molecule has 0 unspecified atom stereocenters. The summed E-state index contributed by atoms with van der Waals surface area (Å²) in [6.45, 7) is 9.47. The van der Waals surface area contributed by atoms with Gasteiger partial charge < -0.3 is 14.6 Å². The molecule has 1 aromatic heterocycles. The van der Waals surface area contributed by atoms with Gasteiger partial charge in [0.1, 0.15) is 29.6 Å². The van der Waals surface area contributed by atoms with Crippen molar-refractivity contribution in [3.63, 3.8) is 0 Å². The number of aliphatic hydroxyl groups excluding tert-OH is 1. The number of rotatable bonds is 10. The van der Waals surface area contributed by atoms with E-state index in [1.54, 1.807) is 25.1 Å². The maximum absolute atomic E-state index is 13.6. The van der Waals surface area contributed by atoms with E-state index in [9.17, 15) is 19.5 Å². The molecule has 1 N–H and O–H groups in total. The summed E-state index contributed by atoms with van der Waals surface area (Å²) in [6, 6.07) is 21.4. The van der Waals surface area contributed by atoms with Gasteiger partial charge in [-0.15, -0.1) is 0 Å². The topological polar surface area (TPSA) is 106 Å². The van der Waals surface area contributed by atoms with Gasteiger partial charge in [-0.25, -0.2) is 9.78 Å². The number of amides is 1. The largest absolute Gasteiger partial charge is 0.507 e. The van der Waals surface area contributed by atoms with Crippen LogP contribution in [-0.4, -0.2) is 34.4 Å². The lowest BCUT2D eigenvalue weighted by atomic mass is 9.94. The highest BCUT2D eigenvalue weighted by atomic mass is 32.1. The minimum Gasteiger partial charge on any atom is -0.507 e. The zero-order valence-electron chi connectivity index (χ0n) is 24.7. The van der Waals surface area contributed by atoms with Crippen LogP contribution in [0.5, 0.6) is 5.75 Å². The Morgan fingerprint density at radius 1 is 1.05 bits per heavy atom. The predicted octanol–water partition coefficient (Wildman–Crippen LogP) is 6.87. The number of Topliss-reactive ketones (excluding diaryl/α,β-unsaturated/α-hetero) is 1. The maximum Gasteiger partial charge on any atom is 0.350 e. The molecule has 1 fully saturated rings. The number of carbonyl (C=O) groups is 3. The fourth-order valence-electron chi connectivity index (χ4n) is 5.01. The first kappa shape index (κ1) is 30.4. The number of anilines is 1. The van der Waals surface area contributed by atoms with Crippen molar-refractivity contribution >= 4 is 39.9 Å². The van der Waals surface area contributed by atoms with E-state index in [-0.39, 0.29) is 27.9 Å². The van der Waals surface area contributed by atoms with E-state index in [0.29, 0.717) is 29.2 Å². The Hall–Kier alpha value is -5.02. The van der Waals surface area contributed by atoms with Crippen molar-refractivity contribution in [1.82, 2.24) is 4.98 Å². The molecule has 1 saturated heterocycles. The van der Waals surface area contributed by atoms with E-state index >= 15 is 0 Å². The zero-order chi connectivity index (χ0) is 31.4. The number of aromatic nitrogens is 1. The molecule has 9 heteroatoms. The fourth-order valence-corrected chi connectivity index (χ4v) is 5.99. The molecule has 8 nitrogen and oxygen atoms in total. The number of hydrogen-bond donors (Lipinski definition) is 1. The minimum absolute atomic E-state index is 0.0231. The van der Waals surface area contributed by atoms with E-state index in [2.05, 4.69) is 11.6 Å². The molecule has 1 amide bonds. The fraction of sp³-hybridized carbons (Fsp3) is 0.200. The number of carbonyl (C=O) groups excluding carboxylic acids is 3. The lowest BCUT2D eigenvalue weighted by Crippen LogP contribution is -2.29. The Bertz CT molecular complexity index is 1760. The SMILES string of the molecule is C=CCOC(=O)c1sc(N2C(=O)C(=O)/C(=C(/O)c3ccc(OCc4ccccc4)c(C)c3)[C@@H]2c2ccc(CC)cc2)nc1C. The first-order valence-corrected chi connectivity index (χ1v) is 15.0. The van der Waals surface area contributed by atoms with Crippen molar-refractivity contribution < 1.29 is 29.0 Å². The number of thiazole rings is 1. The third kappa shape index (κ3) is 6.05.